The highest BCUT2D eigenvalue weighted by atomic mass is 16.1. The number of rotatable bonds is 9. The summed E-state index contributed by atoms with van der Waals surface area (Å²) in [5.41, 5.74) is 4.02. The van der Waals surface area contributed by atoms with Crippen LogP contribution in [0.3, 0.4) is 0 Å². The van der Waals surface area contributed by atoms with Gasteiger partial charge in [0.2, 0.25) is 0 Å². The molecule has 0 heterocycles. The van der Waals surface area contributed by atoms with Gasteiger partial charge in [-0.3, -0.25) is 9.59 Å². The van der Waals surface area contributed by atoms with E-state index < -0.39 is 17.8 Å². The molecule has 0 amide bonds. The zero-order valence-corrected chi connectivity index (χ0v) is 20.5. The zero-order chi connectivity index (χ0) is 25.5. The van der Waals surface area contributed by atoms with Crippen LogP contribution in [-0.4, -0.2) is 11.6 Å². The molecule has 0 radical (unpaired) electrons. The number of carbonyl (C=O) groups excluding carboxylic acids is 2. The first-order valence-electron chi connectivity index (χ1n) is 12.6. The van der Waals surface area contributed by atoms with Gasteiger partial charge in [-0.1, -0.05) is 152 Å². The Morgan fingerprint density at radius 2 is 0.622 bits per heavy atom. The normalized spacial score (nSPS) is 12.6. The van der Waals surface area contributed by atoms with E-state index in [1.54, 1.807) is 0 Å². The van der Waals surface area contributed by atoms with Crippen LogP contribution in [0.1, 0.15) is 55.2 Å². The predicted octanol–water partition coefficient (Wildman–Crippen LogP) is 8.10. The molecule has 0 aliphatic heterocycles. The summed E-state index contributed by atoms with van der Waals surface area (Å²) >= 11 is 0. The summed E-state index contributed by atoms with van der Waals surface area (Å²) in [5, 5.41) is 0. The molecule has 180 valence electrons. The van der Waals surface area contributed by atoms with Crippen molar-refractivity contribution < 1.29 is 9.59 Å². The monoisotopic (exact) mass is 480 g/mol. The molecule has 0 saturated heterocycles. The predicted molar refractivity (Wildman–Crippen MR) is 149 cm³/mol. The van der Waals surface area contributed by atoms with Crippen molar-refractivity contribution in [2.75, 3.05) is 0 Å². The lowest BCUT2D eigenvalue weighted by Crippen LogP contribution is -2.30. The van der Waals surface area contributed by atoms with Gasteiger partial charge in [-0.15, -0.1) is 0 Å². The molecular formula is C35H28O2. The Balaban J connectivity index is 1.76. The number of hydrogen-bond donors (Lipinski definition) is 0. The Bertz CT molecular complexity index is 1340. The molecule has 5 aromatic rings. The lowest BCUT2D eigenvalue weighted by Gasteiger charge is -2.34. The van der Waals surface area contributed by atoms with E-state index in [9.17, 15) is 9.59 Å². The van der Waals surface area contributed by atoms with E-state index in [0.717, 1.165) is 16.7 Å². The first-order chi connectivity index (χ1) is 18.2. The highest BCUT2D eigenvalue weighted by Crippen LogP contribution is 2.46. The lowest BCUT2D eigenvalue weighted by molar-refractivity contribution is 0.0899. The van der Waals surface area contributed by atoms with Crippen molar-refractivity contribution in [3.05, 3.63) is 179 Å². The Morgan fingerprint density at radius 1 is 0.351 bits per heavy atom. The minimum Gasteiger partial charge on any atom is -0.293 e. The van der Waals surface area contributed by atoms with Crippen LogP contribution in [0.2, 0.25) is 0 Å². The van der Waals surface area contributed by atoms with E-state index in [0.29, 0.717) is 11.1 Å². The van der Waals surface area contributed by atoms with Crippen molar-refractivity contribution in [3.63, 3.8) is 0 Å². The molecule has 0 fully saturated rings. The largest absolute Gasteiger partial charge is 0.293 e. The molecule has 5 rings (SSSR count). The van der Waals surface area contributed by atoms with Gasteiger partial charge in [0.15, 0.2) is 11.6 Å². The highest BCUT2D eigenvalue weighted by molar-refractivity contribution is 6.05. The van der Waals surface area contributed by atoms with E-state index in [1.165, 1.54) is 0 Å². The van der Waals surface area contributed by atoms with Crippen LogP contribution in [0.25, 0.3) is 0 Å². The molecule has 0 aliphatic rings. The van der Waals surface area contributed by atoms with Crippen molar-refractivity contribution in [2.24, 2.45) is 0 Å². The SMILES string of the molecule is O=C(c1ccccc1)[C@H](c1ccccc1)C(c1ccccc1)[C@H](C(=O)c1ccccc1)c1ccccc1. The molecule has 5 aromatic carbocycles. The standard InChI is InChI=1S/C35H28O2/c36-34(29-22-12-4-13-23-29)32(27-18-8-2-9-19-27)31(26-16-6-1-7-17-26)33(28-20-10-3-11-21-28)35(37)30-24-14-5-15-25-30/h1-25,31-33H/t32-,33-/m1/s1. The van der Waals surface area contributed by atoms with E-state index in [2.05, 4.69) is 0 Å². The highest BCUT2D eigenvalue weighted by Gasteiger charge is 2.41. The molecule has 2 heteroatoms. The third-order valence-electron chi connectivity index (χ3n) is 6.90. The second kappa shape index (κ2) is 11.5. The van der Waals surface area contributed by atoms with Crippen molar-refractivity contribution >= 4 is 11.6 Å². The van der Waals surface area contributed by atoms with Gasteiger partial charge in [-0.2, -0.15) is 0 Å². The molecule has 0 spiro atoms. The number of carbonyl (C=O) groups is 2. The summed E-state index contributed by atoms with van der Waals surface area (Å²) in [5.74, 6) is -1.55. The fourth-order valence-electron chi connectivity index (χ4n) is 5.18. The molecule has 0 N–H and O–H groups in total. The Hall–Kier alpha value is -4.56. The molecule has 37 heavy (non-hydrogen) atoms. The van der Waals surface area contributed by atoms with Crippen molar-refractivity contribution in [2.45, 2.75) is 17.8 Å². The maximum absolute atomic E-state index is 14.3. The number of ketones is 2. The summed E-state index contributed by atoms with van der Waals surface area (Å²) in [6, 6.07) is 48.5. The summed E-state index contributed by atoms with van der Waals surface area (Å²) in [6.07, 6.45) is 0. The van der Waals surface area contributed by atoms with Crippen molar-refractivity contribution in [1.82, 2.24) is 0 Å². The molecule has 0 bridgehead atoms. The second-order valence-electron chi connectivity index (χ2n) is 9.17. The number of hydrogen-bond acceptors (Lipinski definition) is 2. The van der Waals surface area contributed by atoms with Crippen molar-refractivity contribution in [3.8, 4) is 0 Å². The van der Waals surface area contributed by atoms with Gasteiger partial charge in [-0.25, -0.2) is 0 Å². The number of Topliss-reactive ketones (excluding diaryl/α,β-unsaturated/α-hetero) is 2. The zero-order valence-electron chi connectivity index (χ0n) is 20.5. The summed E-state index contributed by atoms with van der Waals surface area (Å²) in [6.45, 7) is 0. The molecular weight excluding hydrogens is 452 g/mol. The fourth-order valence-corrected chi connectivity index (χ4v) is 5.18. The van der Waals surface area contributed by atoms with Gasteiger partial charge in [0.25, 0.3) is 0 Å². The quantitative estimate of drug-likeness (QED) is 0.200. The Labute approximate surface area is 218 Å². The Kier molecular flexibility index (Phi) is 7.47. The molecule has 0 unspecified atom stereocenters. The second-order valence-corrected chi connectivity index (χ2v) is 9.17. The molecule has 0 saturated carbocycles. The topological polar surface area (TPSA) is 34.1 Å². The molecule has 2 nitrogen and oxygen atoms in total. The van der Waals surface area contributed by atoms with Crippen LogP contribution in [0.4, 0.5) is 0 Å². The van der Waals surface area contributed by atoms with E-state index in [4.69, 9.17) is 0 Å². The fraction of sp³-hybridized carbons (Fsp3) is 0.0857. The first kappa shape index (κ1) is 24.1. The van der Waals surface area contributed by atoms with Gasteiger partial charge < -0.3 is 0 Å². The van der Waals surface area contributed by atoms with Gasteiger partial charge >= 0.3 is 0 Å². The summed E-state index contributed by atoms with van der Waals surface area (Å²) < 4.78 is 0. The van der Waals surface area contributed by atoms with Gasteiger partial charge in [-0.05, 0) is 16.7 Å². The van der Waals surface area contributed by atoms with Crippen LogP contribution in [-0.2, 0) is 0 Å². The molecule has 0 aromatic heterocycles. The first-order valence-corrected chi connectivity index (χ1v) is 12.6. The minimum absolute atomic E-state index is 0.00226. The third-order valence-corrected chi connectivity index (χ3v) is 6.90. The third kappa shape index (κ3) is 5.34. The summed E-state index contributed by atoms with van der Waals surface area (Å²) in [7, 11) is 0. The Morgan fingerprint density at radius 3 is 0.946 bits per heavy atom. The summed E-state index contributed by atoms with van der Waals surface area (Å²) in [4.78, 5) is 28.7. The van der Waals surface area contributed by atoms with Crippen LogP contribution in [0, 0.1) is 0 Å². The van der Waals surface area contributed by atoms with Gasteiger partial charge in [0, 0.05) is 17.0 Å². The maximum Gasteiger partial charge on any atom is 0.170 e. The molecule has 2 atom stereocenters. The van der Waals surface area contributed by atoms with E-state index in [1.807, 2.05) is 152 Å². The van der Waals surface area contributed by atoms with E-state index >= 15 is 0 Å². The van der Waals surface area contributed by atoms with Crippen LogP contribution >= 0.6 is 0 Å². The van der Waals surface area contributed by atoms with Gasteiger partial charge in [0.1, 0.15) is 0 Å². The minimum atomic E-state index is -0.566. The maximum atomic E-state index is 14.3. The smallest absolute Gasteiger partial charge is 0.170 e. The van der Waals surface area contributed by atoms with E-state index in [-0.39, 0.29) is 11.6 Å². The van der Waals surface area contributed by atoms with Crippen molar-refractivity contribution in [1.29, 1.82) is 0 Å². The lowest BCUT2D eigenvalue weighted by atomic mass is 9.67. The number of benzene rings is 5. The van der Waals surface area contributed by atoms with Crippen LogP contribution < -0.4 is 0 Å². The van der Waals surface area contributed by atoms with Crippen LogP contribution in [0.5, 0.6) is 0 Å². The van der Waals surface area contributed by atoms with Gasteiger partial charge in [0.05, 0.1) is 11.8 Å². The average Bonchev–Trinajstić information content (AvgIpc) is 2.99. The average molecular weight is 481 g/mol. The molecule has 0 aliphatic carbocycles. The van der Waals surface area contributed by atoms with Crippen LogP contribution in [0.15, 0.2) is 152 Å².